The summed E-state index contributed by atoms with van der Waals surface area (Å²) in [7, 11) is 0. The molecule has 0 saturated carbocycles. The Morgan fingerprint density at radius 1 is 1.18 bits per heavy atom. The van der Waals surface area contributed by atoms with Gasteiger partial charge in [0.2, 0.25) is 11.7 Å². The van der Waals surface area contributed by atoms with Gasteiger partial charge in [-0.15, -0.1) is 15.3 Å². The van der Waals surface area contributed by atoms with Crippen LogP contribution >= 0.6 is 0 Å². The first-order valence-electron chi connectivity index (χ1n) is 11.8. The van der Waals surface area contributed by atoms with Gasteiger partial charge in [0.25, 0.3) is 5.91 Å². The van der Waals surface area contributed by atoms with Gasteiger partial charge in [-0.1, -0.05) is 36.3 Å². The zero-order valence-electron chi connectivity index (χ0n) is 20.3. The molecule has 38 heavy (non-hydrogen) atoms. The Hall–Kier alpha value is -4.86. The van der Waals surface area contributed by atoms with E-state index in [2.05, 4.69) is 31.8 Å². The van der Waals surface area contributed by atoms with Gasteiger partial charge in [-0.05, 0) is 24.1 Å². The minimum atomic E-state index is -0.329. The van der Waals surface area contributed by atoms with Crippen LogP contribution in [0, 0.1) is 17.2 Å². The van der Waals surface area contributed by atoms with E-state index in [1.54, 1.807) is 18.2 Å². The number of fused-ring (bicyclic) bond motifs is 3. The molecule has 0 aliphatic heterocycles. The summed E-state index contributed by atoms with van der Waals surface area (Å²) in [6, 6.07) is 15.9. The number of hydrogen-bond donors (Lipinski definition) is 3. The number of carbonyl (C=O) groups is 1. The number of nitrogens with one attached hydrogen (secondary N) is 1. The van der Waals surface area contributed by atoms with Crippen LogP contribution in [-0.2, 0) is 13.2 Å². The monoisotopic (exact) mass is 513 g/mol. The van der Waals surface area contributed by atoms with Crippen molar-refractivity contribution < 1.29 is 24.3 Å². The highest BCUT2D eigenvalue weighted by Gasteiger charge is 2.19. The highest BCUT2D eigenvalue weighted by molar-refractivity contribution is 5.97. The van der Waals surface area contributed by atoms with Gasteiger partial charge >= 0.3 is 0 Å². The van der Waals surface area contributed by atoms with Gasteiger partial charge in [0.05, 0.1) is 11.6 Å². The molecule has 1 amide bonds. The minimum absolute atomic E-state index is 0.0188. The maximum absolute atomic E-state index is 12.5. The third kappa shape index (κ3) is 4.75. The number of aliphatic hydroxyl groups excluding tert-OH is 2. The van der Waals surface area contributed by atoms with E-state index in [9.17, 15) is 15.2 Å². The van der Waals surface area contributed by atoms with Crippen molar-refractivity contribution in [2.45, 2.75) is 20.1 Å². The maximum Gasteiger partial charge on any atom is 0.251 e. The molecule has 0 radical (unpaired) electrons. The van der Waals surface area contributed by atoms with Crippen LogP contribution < -0.4 is 10.1 Å². The number of hydrogen-bond acceptors (Lipinski definition) is 10. The third-order valence-electron chi connectivity index (χ3n) is 5.95. The van der Waals surface area contributed by atoms with Crippen molar-refractivity contribution >= 4 is 22.3 Å². The number of nitriles is 1. The Morgan fingerprint density at radius 3 is 2.74 bits per heavy atom. The quantitative estimate of drug-likeness (QED) is 0.265. The number of ether oxygens (including phenoxy) is 1. The number of aromatic nitrogens is 5. The van der Waals surface area contributed by atoms with Crippen LogP contribution in [0.15, 0.2) is 53.1 Å². The number of benzene rings is 2. The molecule has 3 heterocycles. The molecular weight excluding hydrogens is 490 g/mol. The highest BCUT2D eigenvalue weighted by atomic mass is 16.5. The standard InChI is InChI=1S/C26H23N7O5/c1-15(12-34)11-28-25(36)16-6-7-17(18(8-16)10-27)14-37-26-21-5-3-2-4-20(21)23-29-30-24(33(23)31-26)22-9-19(13-35)38-32-22/h2-9,15,34-35H,11-14H2,1H3,(H,28,36). The second kappa shape index (κ2) is 10.6. The normalized spacial score (nSPS) is 11.9. The molecule has 12 nitrogen and oxygen atoms in total. The molecule has 2 aromatic carbocycles. The molecule has 0 bridgehead atoms. The molecule has 3 N–H and O–H groups in total. The summed E-state index contributed by atoms with van der Waals surface area (Å²) in [5.41, 5.74) is 2.04. The number of rotatable bonds is 9. The fourth-order valence-electron chi connectivity index (χ4n) is 3.84. The highest BCUT2D eigenvalue weighted by Crippen LogP contribution is 2.29. The lowest BCUT2D eigenvalue weighted by Crippen LogP contribution is -2.29. The molecule has 0 saturated heterocycles. The van der Waals surface area contributed by atoms with Crippen LogP contribution in [0.4, 0.5) is 0 Å². The Balaban J connectivity index is 1.45. The largest absolute Gasteiger partial charge is 0.471 e. The lowest BCUT2D eigenvalue weighted by Gasteiger charge is -2.12. The number of aliphatic hydroxyl groups is 2. The Bertz CT molecular complexity index is 1670. The van der Waals surface area contributed by atoms with E-state index in [1.165, 1.54) is 10.6 Å². The molecule has 1 atom stereocenters. The first kappa shape index (κ1) is 24.8. The van der Waals surface area contributed by atoms with Crippen LogP contribution in [0.2, 0.25) is 0 Å². The van der Waals surface area contributed by atoms with Crippen molar-refractivity contribution in [2.24, 2.45) is 5.92 Å². The van der Waals surface area contributed by atoms with Gasteiger partial charge in [-0.2, -0.15) is 9.78 Å². The smallest absolute Gasteiger partial charge is 0.251 e. The van der Waals surface area contributed by atoms with Crippen LogP contribution in [0.1, 0.15) is 34.2 Å². The summed E-state index contributed by atoms with van der Waals surface area (Å²) >= 11 is 0. The second-order valence-corrected chi connectivity index (χ2v) is 8.72. The van der Waals surface area contributed by atoms with Crippen molar-refractivity contribution in [3.8, 4) is 23.5 Å². The van der Waals surface area contributed by atoms with E-state index < -0.39 is 0 Å². The molecule has 0 aliphatic carbocycles. The first-order valence-corrected chi connectivity index (χ1v) is 11.8. The first-order chi connectivity index (χ1) is 18.5. The molecular formula is C26H23N7O5. The Morgan fingerprint density at radius 2 is 2.00 bits per heavy atom. The topological polar surface area (TPSA) is 172 Å². The summed E-state index contributed by atoms with van der Waals surface area (Å²) in [6.07, 6.45) is 0. The van der Waals surface area contributed by atoms with Crippen molar-refractivity contribution in [1.82, 2.24) is 30.3 Å². The van der Waals surface area contributed by atoms with E-state index in [4.69, 9.17) is 14.4 Å². The van der Waals surface area contributed by atoms with Gasteiger partial charge in [-0.25, -0.2) is 0 Å². The molecule has 12 heteroatoms. The molecule has 5 aromatic rings. The summed E-state index contributed by atoms with van der Waals surface area (Å²) in [6.45, 7) is 1.82. The van der Waals surface area contributed by atoms with E-state index in [1.807, 2.05) is 31.2 Å². The molecule has 3 aromatic heterocycles. The van der Waals surface area contributed by atoms with E-state index >= 15 is 0 Å². The van der Waals surface area contributed by atoms with Crippen molar-refractivity contribution in [3.05, 3.63) is 71.0 Å². The lowest BCUT2D eigenvalue weighted by molar-refractivity contribution is 0.0942. The third-order valence-corrected chi connectivity index (χ3v) is 5.95. The van der Waals surface area contributed by atoms with E-state index in [0.717, 1.165) is 5.39 Å². The maximum atomic E-state index is 12.5. The van der Waals surface area contributed by atoms with Gasteiger partial charge in [0, 0.05) is 41.1 Å². The van der Waals surface area contributed by atoms with Crippen LogP contribution in [0.25, 0.3) is 27.9 Å². The Labute approximate surface area is 216 Å². The van der Waals surface area contributed by atoms with Crippen LogP contribution in [-0.4, -0.2) is 54.2 Å². The molecule has 0 spiro atoms. The molecule has 192 valence electrons. The summed E-state index contributed by atoms with van der Waals surface area (Å²) in [5.74, 6) is 0.461. The number of carbonyl (C=O) groups excluding carboxylic acids is 1. The summed E-state index contributed by atoms with van der Waals surface area (Å²) in [4.78, 5) is 12.5. The number of nitrogens with zero attached hydrogens (tertiary/aromatic N) is 6. The lowest BCUT2D eigenvalue weighted by atomic mass is 10.0. The average Bonchev–Trinajstić information content (AvgIpc) is 3.61. The minimum Gasteiger partial charge on any atom is -0.471 e. The van der Waals surface area contributed by atoms with Crippen LogP contribution in [0.5, 0.6) is 5.88 Å². The van der Waals surface area contributed by atoms with E-state index in [0.29, 0.717) is 45.8 Å². The molecule has 0 fully saturated rings. The van der Waals surface area contributed by atoms with Crippen molar-refractivity contribution in [2.75, 3.05) is 13.2 Å². The van der Waals surface area contributed by atoms with Crippen molar-refractivity contribution in [3.63, 3.8) is 0 Å². The van der Waals surface area contributed by atoms with E-state index in [-0.39, 0.29) is 43.3 Å². The van der Waals surface area contributed by atoms with Gasteiger partial charge < -0.3 is 24.8 Å². The SMILES string of the molecule is CC(CO)CNC(=O)c1ccc(COc2nn3c(-c4cc(CO)on4)nnc3c3ccccc23)c(C#N)c1. The van der Waals surface area contributed by atoms with Crippen LogP contribution in [0.3, 0.4) is 0 Å². The molecule has 1 unspecified atom stereocenters. The van der Waals surface area contributed by atoms with Crippen molar-refractivity contribution in [1.29, 1.82) is 5.26 Å². The van der Waals surface area contributed by atoms with Gasteiger partial charge in [-0.3, -0.25) is 4.79 Å². The molecule has 0 aliphatic rings. The average molecular weight is 514 g/mol. The zero-order chi connectivity index (χ0) is 26.6. The van der Waals surface area contributed by atoms with Gasteiger partial charge in [0.15, 0.2) is 17.1 Å². The summed E-state index contributed by atoms with van der Waals surface area (Å²) in [5, 5.41) is 49.3. The Kier molecular flexibility index (Phi) is 6.94. The fraction of sp³-hybridized carbons (Fsp3) is 0.231. The molecule has 5 rings (SSSR count). The predicted octanol–water partition coefficient (Wildman–Crippen LogP) is 2.23. The predicted molar refractivity (Wildman–Crippen MR) is 134 cm³/mol. The second-order valence-electron chi connectivity index (χ2n) is 8.72. The summed E-state index contributed by atoms with van der Waals surface area (Å²) < 4.78 is 12.7. The number of amides is 1. The zero-order valence-corrected chi connectivity index (χ0v) is 20.3. The van der Waals surface area contributed by atoms with Gasteiger partial charge in [0.1, 0.15) is 13.2 Å². The fourth-order valence-corrected chi connectivity index (χ4v) is 3.84.